The number of phenols is 1. The van der Waals surface area contributed by atoms with Crippen molar-refractivity contribution in [2.75, 3.05) is 25.9 Å². The molecule has 0 bridgehead atoms. The minimum absolute atomic E-state index is 0.0254. The van der Waals surface area contributed by atoms with E-state index in [0.29, 0.717) is 22.3 Å². The van der Waals surface area contributed by atoms with Gasteiger partial charge in [-0.2, -0.15) is 9.78 Å². The largest absolute Gasteiger partial charge is 0.503 e. The van der Waals surface area contributed by atoms with E-state index in [1.165, 1.54) is 35.7 Å². The molecule has 2 aromatic heterocycles. The van der Waals surface area contributed by atoms with Crippen LogP contribution in [0.15, 0.2) is 26.3 Å². The number of quaternary nitrogens is 1. The first-order valence-electron chi connectivity index (χ1n) is 10.7. The fourth-order valence-corrected chi connectivity index (χ4v) is 4.29. The Bertz CT molecular complexity index is 1180. The first kappa shape index (κ1) is 23.6. The SMILES string of the molecule is COc1cc(/C=N/NC(=O)c2nnn(-c3nonc3N)c2C[NH+]2CCCCCC2)cc(Br)c1O. The number of halogens is 1. The molecule has 13 nitrogen and oxygen atoms in total. The monoisotopic (exact) mass is 534 g/mol. The maximum atomic E-state index is 13.0. The highest BCUT2D eigenvalue weighted by Gasteiger charge is 2.27. The number of carbonyl (C=O) groups excluding carboxylic acids is 1. The summed E-state index contributed by atoms with van der Waals surface area (Å²) in [4.78, 5) is 14.3. The summed E-state index contributed by atoms with van der Waals surface area (Å²) >= 11 is 3.25. The van der Waals surface area contributed by atoms with Crippen molar-refractivity contribution in [3.05, 3.63) is 33.6 Å². The fourth-order valence-electron chi connectivity index (χ4n) is 3.83. The van der Waals surface area contributed by atoms with Crippen molar-refractivity contribution < 1.29 is 24.2 Å². The van der Waals surface area contributed by atoms with Gasteiger partial charge in [-0.1, -0.05) is 5.21 Å². The van der Waals surface area contributed by atoms with Crippen LogP contribution in [-0.4, -0.2) is 62.7 Å². The Balaban J connectivity index is 1.57. The molecule has 1 saturated heterocycles. The molecule has 1 fully saturated rings. The van der Waals surface area contributed by atoms with Gasteiger partial charge < -0.3 is 20.5 Å². The van der Waals surface area contributed by atoms with Gasteiger partial charge in [-0.25, -0.2) is 10.1 Å². The second-order valence-electron chi connectivity index (χ2n) is 7.86. The van der Waals surface area contributed by atoms with Crippen LogP contribution in [0, 0.1) is 0 Å². The second-order valence-corrected chi connectivity index (χ2v) is 8.72. The molecule has 14 heteroatoms. The van der Waals surface area contributed by atoms with E-state index in [1.54, 1.807) is 12.1 Å². The van der Waals surface area contributed by atoms with Crippen LogP contribution in [0.5, 0.6) is 11.5 Å². The van der Waals surface area contributed by atoms with E-state index < -0.39 is 5.91 Å². The second kappa shape index (κ2) is 10.6. The van der Waals surface area contributed by atoms with Gasteiger partial charge in [-0.3, -0.25) is 4.79 Å². The molecule has 1 aromatic carbocycles. The van der Waals surface area contributed by atoms with E-state index in [4.69, 9.17) is 15.1 Å². The lowest BCUT2D eigenvalue weighted by atomic mass is 10.2. The summed E-state index contributed by atoms with van der Waals surface area (Å²) in [5.74, 6) is -0.0603. The number of ether oxygens (including phenoxy) is 1. The number of benzene rings is 1. The summed E-state index contributed by atoms with van der Waals surface area (Å²) in [6.45, 7) is 2.47. The van der Waals surface area contributed by atoms with Gasteiger partial charge in [0, 0.05) is 0 Å². The van der Waals surface area contributed by atoms with Crippen molar-refractivity contribution in [2.45, 2.75) is 32.2 Å². The van der Waals surface area contributed by atoms with Gasteiger partial charge in [-0.05, 0) is 69.6 Å². The Morgan fingerprint density at radius 1 is 1.35 bits per heavy atom. The van der Waals surface area contributed by atoms with E-state index in [9.17, 15) is 9.90 Å². The number of carbonyl (C=O) groups is 1. The first-order valence-corrected chi connectivity index (χ1v) is 11.5. The van der Waals surface area contributed by atoms with Crippen molar-refractivity contribution in [1.82, 2.24) is 30.7 Å². The molecule has 0 atom stereocenters. The number of amides is 1. The predicted molar refractivity (Wildman–Crippen MR) is 124 cm³/mol. The molecular formula is C20H25BrN9O4+. The molecule has 0 unspecified atom stereocenters. The van der Waals surface area contributed by atoms with Crippen LogP contribution in [0.4, 0.5) is 5.82 Å². The third kappa shape index (κ3) is 5.17. The van der Waals surface area contributed by atoms with Crippen LogP contribution in [0.3, 0.4) is 0 Å². The van der Waals surface area contributed by atoms with Gasteiger partial charge in [0.05, 0.1) is 30.9 Å². The molecule has 34 heavy (non-hydrogen) atoms. The van der Waals surface area contributed by atoms with Crippen molar-refractivity contribution >= 4 is 33.9 Å². The molecule has 0 saturated carbocycles. The minimum atomic E-state index is -0.536. The maximum absolute atomic E-state index is 13.0. The van der Waals surface area contributed by atoms with Gasteiger partial charge in [-0.15, -0.1) is 5.10 Å². The fraction of sp³-hybridized carbons (Fsp3) is 0.400. The number of phenolic OH excluding ortho intramolecular Hbond substituents is 1. The van der Waals surface area contributed by atoms with Crippen molar-refractivity contribution in [3.63, 3.8) is 0 Å². The molecule has 0 aliphatic carbocycles. The normalized spacial score (nSPS) is 14.9. The van der Waals surface area contributed by atoms with E-state index >= 15 is 0 Å². The average Bonchev–Trinajstić information content (AvgIpc) is 3.33. The van der Waals surface area contributed by atoms with Crippen LogP contribution in [0.2, 0.25) is 0 Å². The quantitative estimate of drug-likeness (QED) is 0.247. The number of likely N-dealkylation sites (tertiary alicyclic amines) is 1. The number of hydrazone groups is 1. The summed E-state index contributed by atoms with van der Waals surface area (Å²) in [5.41, 5.74) is 9.59. The zero-order valence-electron chi connectivity index (χ0n) is 18.5. The molecule has 180 valence electrons. The number of nitrogen functional groups attached to an aromatic ring is 1. The number of methoxy groups -OCH3 is 1. The van der Waals surface area contributed by atoms with Gasteiger partial charge >= 0.3 is 0 Å². The van der Waals surface area contributed by atoms with Gasteiger partial charge in [0.25, 0.3) is 5.91 Å². The summed E-state index contributed by atoms with van der Waals surface area (Å²) < 4.78 is 11.7. The Hall–Kier alpha value is -3.52. The maximum Gasteiger partial charge on any atom is 0.294 e. The van der Waals surface area contributed by atoms with Crippen LogP contribution in [0.25, 0.3) is 5.82 Å². The highest BCUT2D eigenvalue weighted by atomic mass is 79.9. The van der Waals surface area contributed by atoms with Crippen LogP contribution < -0.4 is 20.8 Å². The number of anilines is 1. The van der Waals surface area contributed by atoms with E-state index in [-0.39, 0.29) is 28.8 Å². The summed E-state index contributed by atoms with van der Waals surface area (Å²) in [6, 6.07) is 3.22. The average molecular weight is 535 g/mol. The molecule has 1 amide bonds. The first-order chi connectivity index (χ1) is 16.5. The zero-order valence-corrected chi connectivity index (χ0v) is 20.1. The molecule has 1 aliphatic heterocycles. The van der Waals surface area contributed by atoms with Crippen molar-refractivity contribution in [3.8, 4) is 17.3 Å². The van der Waals surface area contributed by atoms with E-state index in [2.05, 4.69) is 47.1 Å². The number of nitrogens with one attached hydrogen (secondary N) is 2. The lowest BCUT2D eigenvalue weighted by Gasteiger charge is -2.17. The number of nitrogens with two attached hydrogens (primary N) is 1. The van der Waals surface area contributed by atoms with E-state index in [0.717, 1.165) is 25.9 Å². The number of nitrogens with zero attached hydrogens (tertiary/aromatic N) is 6. The molecule has 5 N–H and O–H groups in total. The Morgan fingerprint density at radius 2 is 2.12 bits per heavy atom. The van der Waals surface area contributed by atoms with Crippen LogP contribution in [-0.2, 0) is 6.54 Å². The summed E-state index contributed by atoms with van der Waals surface area (Å²) in [5, 5.41) is 29.5. The number of aromatic nitrogens is 5. The minimum Gasteiger partial charge on any atom is -0.503 e. The molecule has 0 radical (unpaired) electrons. The van der Waals surface area contributed by atoms with E-state index in [1.807, 2.05) is 0 Å². The topological polar surface area (TPSA) is 171 Å². The number of aromatic hydroxyl groups is 1. The molecular weight excluding hydrogens is 510 g/mol. The van der Waals surface area contributed by atoms with Crippen molar-refractivity contribution in [1.29, 1.82) is 0 Å². The molecule has 3 heterocycles. The summed E-state index contributed by atoms with van der Waals surface area (Å²) in [6.07, 6.45) is 6.04. The molecule has 3 aromatic rings. The van der Waals surface area contributed by atoms with Crippen LogP contribution in [0.1, 0.15) is 47.4 Å². The molecule has 4 rings (SSSR count). The lowest BCUT2D eigenvalue weighted by Crippen LogP contribution is -3.10. The Kier molecular flexibility index (Phi) is 7.37. The van der Waals surface area contributed by atoms with Gasteiger partial charge in [0.2, 0.25) is 11.6 Å². The predicted octanol–water partition coefficient (Wildman–Crippen LogP) is 0.432. The molecule has 1 aliphatic rings. The van der Waals surface area contributed by atoms with Crippen molar-refractivity contribution in [2.24, 2.45) is 5.10 Å². The van der Waals surface area contributed by atoms with Gasteiger partial charge in [0.15, 0.2) is 17.2 Å². The van der Waals surface area contributed by atoms with Crippen LogP contribution >= 0.6 is 15.9 Å². The molecule has 0 spiro atoms. The highest BCUT2D eigenvalue weighted by Crippen LogP contribution is 2.34. The highest BCUT2D eigenvalue weighted by molar-refractivity contribution is 9.10. The third-order valence-electron chi connectivity index (χ3n) is 5.55. The third-order valence-corrected chi connectivity index (χ3v) is 6.16. The lowest BCUT2D eigenvalue weighted by molar-refractivity contribution is -0.913. The number of hydrogen-bond acceptors (Lipinski definition) is 10. The van der Waals surface area contributed by atoms with Gasteiger partial charge in [0.1, 0.15) is 12.2 Å². The zero-order chi connectivity index (χ0) is 24.1. The summed E-state index contributed by atoms with van der Waals surface area (Å²) in [7, 11) is 1.44. The standard InChI is InChI=1S/C20H24BrN9O4/c1-33-15-9-12(8-13(21)17(15)31)10-23-25-20(32)16-14(11-29-6-4-2-3-5-7-29)30(28-24-16)19-18(22)26-34-27-19/h8-10,31H,2-7,11H2,1H3,(H2,22,26)(H,25,32)/p+1/b23-10+. The number of rotatable bonds is 7. The Labute approximate surface area is 203 Å². The number of hydrogen-bond donors (Lipinski definition) is 4. The Morgan fingerprint density at radius 3 is 2.79 bits per heavy atom. The smallest absolute Gasteiger partial charge is 0.294 e.